The molecule has 1 aliphatic heterocycles. The quantitative estimate of drug-likeness (QED) is 0.558. The van der Waals surface area contributed by atoms with E-state index < -0.39 is 5.54 Å². The Hall–Kier alpha value is -2.14. The van der Waals surface area contributed by atoms with Crippen molar-refractivity contribution < 1.29 is 14.3 Å². The van der Waals surface area contributed by atoms with E-state index in [1.165, 1.54) is 54.7 Å². The number of nitrogens with one attached hydrogen (secondary N) is 1. The monoisotopic (exact) mass is 478 g/mol. The van der Waals surface area contributed by atoms with E-state index in [-0.39, 0.29) is 22.8 Å². The third-order valence-corrected chi connectivity index (χ3v) is 9.79. The number of hydrogen-bond acceptors (Lipinski definition) is 4. The summed E-state index contributed by atoms with van der Waals surface area (Å²) in [5.74, 6) is 2.75. The summed E-state index contributed by atoms with van der Waals surface area (Å²) in [7, 11) is 1.76. The van der Waals surface area contributed by atoms with Gasteiger partial charge in [0.05, 0.1) is 7.11 Å². The molecule has 5 atom stereocenters. The van der Waals surface area contributed by atoms with Gasteiger partial charge in [-0.1, -0.05) is 13.0 Å². The number of hydrogen-bond donors (Lipinski definition) is 1. The van der Waals surface area contributed by atoms with E-state index in [1.54, 1.807) is 12.7 Å². The van der Waals surface area contributed by atoms with Gasteiger partial charge in [0, 0.05) is 29.3 Å². The molecule has 5 heteroatoms. The van der Waals surface area contributed by atoms with Crippen molar-refractivity contribution in [3.8, 4) is 5.75 Å². The lowest BCUT2D eigenvalue weighted by molar-refractivity contribution is -0.143. The van der Waals surface area contributed by atoms with E-state index >= 15 is 0 Å². The number of ether oxygens (including phenoxy) is 1. The summed E-state index contributed by atoms with van der Waals surface area (Å²) in [6.07, 6.45) is 10.9. The van der Waals surface area contributed by atoms with Crippen LogP contribution in [0.25, 0.3) is 0 Å². The van der Waals surface area contributed by atoms with Gasteiger partial charge in [-0.3, -0.25) is 14.5 Å². The van der Waals surface area contributed by atoms with E-state index in [0.29, 0.717) is 12.0 Å². The van der Waals surface area contributed by atoms with Gasteiger partial charge in [-0.15, -0.1) is 0 Å². The maximum atomic E-state index is 12.3. The minimum atomic E-state index is -0.543. The minimum Gasteiger partial charge on any atom is -0.497 e. The van der Waals surface area contributed by atoms with Crippen LogP contribution in [0.1, 0.15) is 90.2 Å². The van der Waals surface area contributed by atoms with Gasteiger partial charge in [-0.25, -0.2) is 0 Å². The van der Waals surface area contributed by atoms with Gasteiger partial charge in [-0.2, -0.15) is 0 Å². The average Bonchev–Trinajstić information content (AvgIpc) is 3.30. The van der Waals surface area contributed by atoms with Crippen molar-refractivity contribution in [1.82, 2.24) is 10.2 Å². The molecule has 35 heavy (non-hydrogen) atoms. The summed E-state index contributed by atoms with van der Waals surface area (Å²) in [6.45, 7) is 11.0. The molecule has 2 fully saturated rings. The standard InChI is InChI=1S/C30H42N2O3/c1-28(2,18-29(3,4)32-26(33)13-14-27(32)34)31-25-12-11-24-23-9-7-19-17-20(35-6)8-10-21(19)22(23)15-16-30(24,25)5/h8,10,13-14,17,22-25,31H,7,9,11-12,15-16,18H2,1-6H3/t22-,23-,24+,25+,30+/m1/s1. The number of rotatable bonds is 6. The molecule has 190 valence electrons. The molecular weight excluding hydrogens is 436 g/mol. The highest BCUT2D eigenvalue weighted by atomic mass is 16.5. The van der Waals surface area contributed by atoms with Gasteiger partial charge in [-0.05, 0) is 119 Å². The molecule has 0 bridgehead atoms. The highest BCUT2D eigenvalue weighted by Crippen LogP contribution is 2.61. The minimum absolute atomic E-state index is 0.193. The van der Waals surface area contributed by atoms with E-state index in [1.807, 2.05) is 13.8 Å². The Labute approximate surface area is 210 Å². The summed E-state index contributed by atoms with van der Waals surface area (Å²) >= 11 is 0. The number of amides is 2. The fraction of sp³-hybridized carbons (Fsp3) is 0.667. The highest BCUT2D eigenvalue weighted by molar-refractivity contribution is 6.13. The smallest absolute Gasteiger partial charge is 0.254 e. The first-order chi connectivity index (χ1) is 16.4. The molecule has 2 saturated carbocycles. The average molecular weight is 479 g/mol. The number of aryl methyl sites for hydroxylation is 1. The first-order valence-electron chi connectivity index (χ1n) is 13.5. The summed E-state index contributed by atoms with van der Waals surface area (Å²) in [5, 5.41) is 4.05. The molecule has 0 unspecified atom stereocenters. The number of carbonyl (C=O) groups excluding carboxylic acids is 2. The zero-order valence-corrected chi connectivity index (χ0v) is 22.3. The Morgan fingerprint density at radius 1 is 1.06 bits per heavy atom. The topological polar surface area (TPSA) is 58.6 Å². The molecule has 3 aliphatic carbocycles. The first-order valence-corrected chi connectivity index (χ1v) is 13.5. The van der Waals surface area contributed by atoms with Crippen LogP contribution in [0, 0.1) is 17.3 Å². The van der Waals surface area contributed by atoms with Crippen molar-refractivity contribution in [3.63, 3.8) is 0 Å². The summed E-state index contributed by atoms with van der Waals surface area (Å²) in [6, 6.07) is 7.19. The van der Waals surface area contributed by atoms with Gasteiger partial charge < -0.3 is 10.1 Å². The lowest BCUT2D eigenvalue weighted by Crippen LogP contribution is -2.59. The summed E-state index contributed by atoms with van der Waals surface area (Å²) in [5.41, 5.74) is 2.61. The van der Waals surface area contributed by atoms with Crippen LogP contribution >= 0.6 is 0 Å². The molecule has 2 amide bonds. The molecule has 0 spiro atoms. The van der Waals surface area contributed by atoms with Crippen molar-refractivity contribution in [3.05, 3.63) is 41.5 Å². The number of imide groups is 1. The molecule has 0 aromatic heterocycles. The zero-order valence-electron chi connectivity index (χ0n) is 22.3. The van der Waals surface area contributed by atoms with Gasteiger partial charge in [0.2, 0.25) is 0 Å². The molecule has 5 nitrogen and oxygen atoms in total. The number of methoxy groups -OCH3 is 1. The van der Waals surface area contributed by atoms with Crippen molar-refractivity contribution in [2.75, 3.05) is 7.11 Å². The van der Waals surface area contributed by atoms with Crippen molar-refractivity contribution in [2.45, 2.75) is 103 Å². The zero-order chi connectivity index (χ0) is 25.2. The Morgan fingerprint density at radius 2 is 1.77 bits per heavy atom. The number of benzene rings is 1. The third-order valence-electron chi connectivity index (χ3n) is 9.79. The van der Waals surface area contributed by atoms with E-state index in [4.69, 9.17) is 4.74 Å². The SMILES string of the molecule is COc1ccc2c(c1)CC[C@@H]1[C@@H]2CC[C@]2(C)[C@@H](NC(C)(C)CC(C)(C)N3C(=O)C=CC3=O)CC[C@@H]12. The second kappa shape index (κ2) is 8.47. The van der Waals surface area contributed by atoms with Crippen LogP contribution in [0.3, 0.4) is 0 Å². The Balaban J connectivity index is 1.30. The van der Waals surface area contributed by atoms with Crippen LogP contribution in [-0.2, 0) is 16.0 Å². The van der Waals surface area contributed by atoms with E-state index in [0.717, 1.165) is 30.4 Å². The van der Waals surface area contributed by atoms with Gasteiger partial charge in [0.25, 0.3) is 11.8 Å². The fourth-order valence-electron chi connectivity index (χ4n) is 8.60. The molecule has 0 radical (unpaired) electrons. The lowest BCUT2D eigenvalue weighted by Gasteiger charge is -2.52. The Morgan fingerprint density at radius 3 is 2.46 bits per heavy atom. The van der Waals surface area contributed by atoms with E-state index in [9.17, 15) is 9.59 Å². The van der Waals surface area contributed by atoms with Crippen molar-refractivity contribution >= 4 is 11.8 Å². The number of carbonyl (C=O) groups is 2. The molecule has 1 aromatic rings. The van der Waals surface area contributed by atoms with Crippen LogP contribution in [0.4, 0.5) is 0 Å². The van der Waals surface area contributed by atoms with E-state index in [2.05, 4.69) is 44.3 Å². The molecule has 1 N–H and O–H groups in total. The summed E-state index contributed by atoms with van der Waals surface area (Å²) < 4.78 is 5.49. The van der Waals surface area contributed by atoms with Crippen LogP contribution < -0.4 is 10.1 Å². The normalized spacial score (nSPS) is 32.5. The molecular formula is C30H42N2O3. The maximum Gasteiger partial charge on any atom is 0.254 e. The fourth-order valence-corrected chi connectivity index (χ4v) is 8.60. The molecule has 1 aromatic carbocycles. The number of nitrogens with zero attached hydrogens (tertiary/aromatic N) is 1. The van der Waals surface area contributed by atoms with Crippen LogP contribution in [0.5, 0.6) is 5.75 Å². The van der Waals surface area contributed by atoms with Gasteiger partial charge in [0.15, 0.2) is 0 Å². The summed E-state index contributed by atoms with van der Waals surface area (Å²) in [4.78, 5) is 26.1. The Bertz CT molecular complexity index is 1040. The van der Waals surface area contributed by atoms with Crippen LogP contribution in [0.15, 0.2) is 30.4 Å². The lowest BCUT2D eigenvalue weighted by atomic mass is 9.55. The number of fused-ring (bicyclic) bond motifs is 5. The second-order valence-electron chi connectivity index (χ2n) is 13.0. The molecule has 5 rings (SSSR count). The Kier molecular flexibility index (Phi) is 5.94. The van der Waals surface area contributed by atoms with Gasteiger partial charge >= 0.3 is 0 Å². The molecule has 1 heterocycles. The predicted molar refractivity (Wildman–Crippen MR) is 138 cm³/mol. The van der Waals surface area contributed by atoms with Gasteiger partial charge in [0.1, 0.15) is 5.75 Å². The predicted octanol–water partition coefficient (Wildman–Crippen LogP) is 5.38. The molecule has 4 aliphatic rings. The van der Waals surface area contributed by atoms with Crippen molar-refractivity contribution in [1.29, 1.82) is 0 Å². The highest BCUT2D eigenvalue weighted by Gasteiger charge is 2.55. The third kappa shape index (κ3) is 4.14. The van der Waals surface area contributed by atoms with Crippen LogP contribution in [-0.4, -0.2) is 40.9 Å². The largest absolute Gasteiger partial charge is 0.497 e. The second-order valence-corrected chi connectivity index (χ2v) is 13.0. The van der Waals surface area contributed by atoms with Crippen molar-refractivity contribution in [2.24, 2.45) is 17.3 Å². The maximum absolute atomic E-state index is 12.3. The van der Waals surface area contributed by atoms with Crippen LogP contribution in [0.2, 0.25) is 0 Å². The molecule has 0 saturated heterocycles. The first kappa shape index (κ1) is 24.5.